The van der Waals surface area contributed by atoms with Crippen LogP contribution in [0.3, 0.4) is 0 Å². The van der Waals surface area contributed by atoms with Gasteiger partial charge in [-0.05, 0) is 49.7 Å². The van der Waals surface area contributed by atoms with Gasteiger partial charge in [0.25, 0.3) is 5.91 Å². The second-order valence-corrected chi connectivity index (χ2v) is 8.83. The lowest BCUT2D eigenvalue weighted by molar-refractivity contribution is -0.119. The monoisotopic (exact) mass is 355 g/mol. The number of ether oxygens (including phenoxy) is 1. The molecule has 0 aliphatic carbocycles. The average Bonchev–Trinajstić information content (AvgIpc) is 2.84. The normalized spacial score (nSPS) is 22.0. The molecule has 1 amide bonds. The van der Waals surface area contributed by atoms with Gasteiger partial charge in [0.05, 0.1) is 4.90 Å². The fourth-order valence-electron chi connectivity index (χ4n) is 3.06. The molecule has 0 saturated carbocycles. The second-order valence-electron chi connectivity index (χ2n) is 6.79. The van der Waals surface area contributed by atoms with E-state index in [9.17, 15) is 13.2 Å². The van der Waals surface area contributed by atoms with Gasteiger partial charge in [0, 0.05) is 20.1 Å². The highest BCUT2D eigenvalue weighted by Crippen LogP contribution is 2.31. The van der Waals surface area contributed by atoms with Crippen LogP contribution in [0.15, 0.2) is 29.2 Å². The zero-order valence-corrected chi connectivity index (χ0v) is 15.2. The SMILES string of the molecule is CN1CCC(C)(CN(C)S(=O)(=O)c2ccc(OCC(N)=O)cc2)C1. The highest BCUT2D eigenvalue weighted by molar-refractivity contribution is 7.89. The lowest BCUT2D eigenvalue weighted by Crippen LogP contribution is -2.38. The molecule has 1 fully saturated rings. The van der Waals surface area contributed by atoms with E-state index in [2.05, 4.69) is 11.8 Å². The van der Waals surface area contributed by atoms with E-state index >= 15 is 0 Å². The molecule has 0 aromatic heterocycles. The van der Waals surface area contributed by atoms with Crippen LogP contribution in [0.1, 0.15) is 13.3 Å². The van der Waals surface area contributed by atoms with Gasteiger partial charge in [-0.3, -0.25) is 4.79 Å². The molecule has 24 heavy (non-hydrogen) atoms. The summed E-state index contributed by atoms with van der Waals surface area (Å²) >= 11 is 0. The van der Waals surface area contributed by atoms with Crippen molar-refractivity contribution in [3.63, 3.8) is 0 Å². The van der Waals surface area contributed by atoms with Crippen LogP contribution in [0.25, 0.3) is 0 Å². The number of benzene rings is 1. The molecule has 1 saturated heterocycles. The lowest BCUT2D eigenvalue weighted by atomic mass is 9.90. The average molecular weight is 355 g/mol. The van der Waals surface area contributed by atoms with Crippen molar-refractivity contribution in [3.8, 4) is 5.75 Å². The largest absolute Gasteiger partial charge is 0.484 e. The van der Waals surface area contributed by atoms with Crippen LogP contribution < -0.4 is 10.5 Å². The van der Waals surface area contributed by atoms with E-state index in [0.717, 1.165) is 19.5 Å². The van der Waals surface area contributed by atoms with Crippen molar-refractivity contribution in [2.45, 2.75) is 18.2 Å². The van der Waals surface area contributed by atoms with Gasteiger partial charge in [-0.2, -0.15) is 0 Å². The highest BCUT2D eigenvalue weighted by Gasteiger charge is 2.36. The van der Waals surface area contributed by atoms with Gasteiger partial charge in [-0.25, -0.2) is 12.7 Å². The second kappa shape index (κ2) is 7.08. The van der Waals surface area contributed by atoms with Crippen LogP contribution in [0.5, 0.6) is 5.75 Å². The van der Waals surface area contributed by atoms with Gasteiger partial charge in [-0.1, -0.05) is 6.92 Å². The van der Waals surface area contributed by atoms with Gasteiger partial charge in [0.2, 0.25) is 10.0 Å². The van der Waals surface area contributed by atoms with E-state index in [4.69, 9.17) is 10.5 Å². The topological polar surface area (TPSA) is 92.9 Å². The smallest absolute Gasteiger partial charge is 0.255 e. The first-order valence-electron chi connectivity index (χ1n) is 7.78. The number of amides is 1. The molecule has 0 radical (unpaired) electrons. The number of carbonyl (C=O) groups excluding carboxylic acids is 1. The Morgan fingerprint density at radius 2 is 2.00 bits per heavy atom. The minimum absolute atomic E-state index is 0.0406. The maximum atomic E-state index is 12.7. The fraction of sp³-hybridized carbons (Fsp3) is 0.562. The molecule has 1 aliphatic rings. The minimum atomic E-state index is -3.56. The highest BCUT2D eigenvalue weighted by atomic mass is 32.2. The number of primary amides is 1. The van der Waals surface area contributed by atoms with E-state index in [-0.39, 0.29) is 16.9 Å². The summed E-state index contributed by atoms with van der Waals surface area (Å²) in [6.07, 6.45) is 0.975. The number of hydrogen-bond acceptors (Lipinski definition) is 5. The Morgan fingerprint density at radius 1 is 1.38 bits per heavy atom. The zero-order valence-electron chi connectivity index (χ0n) is 14.4. The van der Waals surface area contributed by atoms with E-state index in [1.165, 1.54) is 28.6 Å². The maximum Gasteiger partial charge on any atom is 0.255 e. The number of nitrogens with zero attached hydrogens (tertiary/aromatic N) is 2. The van der Waals surface area contributed by atoms with E-state index in [1.54, 1.807) is 7.05 Å². The summed E-state index contributed by atoms with van der Waals surface area (Å²) in [5.41, 5.74) is 4.97. The lowest BCUT2D eigenvalue weighted by Gasteiger charge is -2.29. The molecule has 1 atom stereocenters. The molecule has 7 nitrogen and oxygen atoms in total. The van der Waals surface area contributed by atoms with E-state index < -0.39 is 15.9 Å². The number of nitrogens with two attached hydrogens (primary N) is 1. The summed E-state index contributed by atoms with van der Waals surface area (Å²) in [5, 5.41) is 0. The zero-order chi connectivity index (χ0) is 18.0. The first-order chi connectivity index (χ1) is 11.1. The first-order valence-corrected chi connectivity index (χ1v) is 9.22. The molecule has 2 rings (SSSR count). The summed E-state index contributed by atoms with van der Waals surface area (Å²) in [4.78, 5) is 13.1. The molecule has 8 heteroatoms. The molecule has 1 aliphatic heterocycles. The van der Waals surface area contributed by atoms with Crippen LogP contribution in [0, 0.1) is 5.41 Å². The molecule has 1 heterocycles. The molecule has 2 N–H and O–H groups in total. The molecule has 0 bridgehead atoms. The molecule has 0 spiro atoms. The van der Waals surface area contributed by atoms with E-state index in [1.807, 2.05) is 7.05 Å². The summed E-state index contributed by atoms with van der Waals surface area (Å²) in [6, 6.07) is 6.00. The van der Waals surface area contributed by atoms with Gasteiger partial charge in [0.15, 0.2) is 6.61 Å². The Balaban J connectivity index is 2.07. The van der Waals surface area contributed by atoms with Crippen molar-refractivity contribution < 1.29 is 17.9 Å². The van der Waals surface area contributed by atoms with Crippen molar-refractivity contribution in [3.05, 3.63) is 24.3 Å². The summed E-state index contributed by atoms with van der Waals surface area (Å²) in [5.74, 6) is -0.180. The Labute approximate surface area is 143 Å². The van der Waals surface area contributed by atoms with Crippen molar-refractivity contribution >= 4 is 15.9 Å². The Bertz CT molecular complexity index is 690. The first kappa shape index (κ1) is 18.7. The van der Waals surface area contributed by atoms with Crippen molar-refractivity contribution in [1.82, 2.24) is 9.21 Å². The Morgan fingerprint density at radius 3 is 2.50 bits per heavy atom. The summed E-state index contributed by atoms with van der Waals surface area (Å²) < 4.78 is 32.0. The van der Waals surface area contributed by atoms with Gasteiger partial charge in [0.1, 0.15) is 5.75 Å². The number of hydrogen-bond donors (Lipinski definition) is 1. The number of carbonyl (C=O) groups is 1. The standard InChI is InChI=1S/C16H25N3O4S/c1-16(8-9-18(2)11-16)12-19(3)24(21,22)14-6-4-13(5-7-14)23-10-15(17)20/h4-7H,8-12H2,1-3H3,(H2,17,20). The van der Waals surface area contributed by atoms with Crippen LogP contribution >= 0.6 is 0 Å². The molecule has 134 valence electrons. The molecule has 1 aromatic rings. The minimum Gasteiger partial charge on any atom is -0.484 e. The van der Waals surface area contributed by atoms with Crippen molar-refractivity contribution in [2.75, 3.05) is 40.3 Å². The fourth-order valence-corrected chi connectivity index (χ4v) is 4.39. The molecular weight excluding hydrogens is 330 g/mol. The molecule has 1 aromatic carbocycles. The molecule has 1 unspecified atom stereocenters. The predicted molar refractivity (Wildman–Crippen MR) is 91.2 cm³/mol. The third-order valence-corrected chi connectivity index (χ3v) is 6.08. The van der Waals surface area contributed by atoms with Crippen molar-refractivity contribution in [2.24, 2.45) is 11.1 Å². The van der Waals surface area contributed by atoms with Crippen molar-refractivity contribution in [1.29, 1.82) is 0 Å². The van der Waals surface area contributed by atoms with Crippen LogP contribution in [0.4, 0.5) is 0 Å². The molecular formula is C16H25N3O4S. The van der Waals surface area contributed by atoms with Gasteiger partial charge < -0.3 is 15.4 Å². The summed E-state index contributed by atoms with van der Waals surface area (Å²) in [7, 11) is 0.0913. The van der Waals surface area contributed by atoms with Crippen LogP contribution in [0.2, 0.25) is 0 Å². The maximum absolute atomic E-state index is 12.7. The van der Waals surface area contributed by atoms with Gasteiger partial charge >= 0.3 is 0 Å². The number of likely N-dealkylation sites (tertiary alicyclic amines) is 1. The van der Waals surface area contributed by atoms with Crippen LogP contribution in [-0.2, 0) is 14.8 Å². The third kappa shape index (κ3) is 4.46. The van der Waals surface area contributed by atoms with Crippen LogP contribution in [-0.4, -0.2) is 63.9 Å². The number of sulfonamides is 1. The van der Waals surface area contributed by atoms with E-state index in [0.29, 0.717) is 12.3 Å². The summed E-state index contributed by atoms with van der Waals surface area (Å²) in [6.45, 7) is 4.21. The number of rotatable bonds is 7. The Hall–Kier alpha value is -1.64. The third-order valence-electron chi connectivity index (χ3n) is 4.27. The quantitative estimate of drug-likeness (QED) is 0.769. The predicted octanol–water partition coefficient (Wildman–Crippen LogP) is 0.513. The Kier molecular flexibility index (Phi) is 5.52. The van der Waals surface area contributed by atoms with Gasteiger partial charge in [-0.15, -0.1) is 0 Å².